The highest BCUT2D eigenvalue weighted by Crippen LogP contribution is 2.15. The van der Waals surface area contributed by atoms with Gasteiger partial charge in [0, 0.05) is 6.42 Å². The lowest BCUT2D eigenvalue weighted by Gasteiger charge is -2.10. The van der Waals surface area contributed by atoms with E-state index >= 15 is 0 Å². The predicted molar refractivity (Wildman–Crippen MR) is 97.9 cm³/mol. The second kappa shape index (κ2) is 12.9. The maximum atomic E-state index is 10.7. The van der Waals surface area contributed by atoms with Gasteiger partial charge in [0.15, 0.2) is 0 Å². The van der Waals surface area contributed by atoms with Crippen LogP contribution in [0.1, 0.15) is 19.3 Å². The summed E-state index contributed by atoms with van der Waals surface area (Å²) in [7, 11) is -8.31. The first-order valence-electron chi connectivity index (χ1n) is 8.22. The molecule has 30 heavy (non-hydrogen) atoms. The molecule has 0 bridgehead atoms. The van der Waals surface area contributed by atoms with Gasteiger partial charge in [-0.1, -0.05) is 0 Å². The van der Waals surface area contributed by atoms with Crippen LogP contribution in [0, 0.1) is 0 Å². The molecule has 0 saturated heterocycles. The monoisotopic (exact) mass is 494 g/mol. The van der Waals surface area contributed by atoms with Gasteiger partial charge in [-0.15, -0.1) is 15.0 Å². The van der Waals surface area contributed by atoms with Crippen LogP contribution in [0.15, 0.2) is 0 Å². The van der Waals surface area contributed by atoms with Gasteiger partial charge in [0.1, 0.15) is 0 Å². The zero-order chi connectivity index (χ0) is 22.6. The molecule has 1 aromatic rings. The van der Waals surface area contributed by atoms with Gasteiger partial charge in [0.2, 0.25) is 0 Å². The number of hydrogen-bond acceptors (Lipinski definition) is 13. The van der Waals surface area contributed by atoms with Crippen LogP contribution in [0.4, 0.5) is 0 Å². The average molecular weight is 495 g/mol. The Bertz CT molecular complexity index is 835. The van der Waals surface area contributed by atoms with Gasteiger partial charge in [0.05, 0.1) is 49.3 Å². The van der Waals surface area contributed by atoms with E-state index in [-0.39, 0.29) is 63.7 Å². The molecule has 0 radical (unpaired) electrons. The Morgan fingerprint density at radius 3 is 1.43 bits per heavy atom. The minimum Gasteiger partial charge on any atom is -0.750 e. The summed E-state index contributed by atoms with van der Waals surface area (Å²) >= 11 is -2.65. The van der Waals surface area contributed by atoms with Crippen molar-refractivity contribution < 1.29 is 53.1 Å². The van der Waals surface area contributed by atoms with Crippen LogP contribution in [0.25, 0.3) is 0 Å². The minimum absolute atomic E-state index is 0.0361. The maximum absolute atomic E-state index is 10.7. The second-order valence-corrected chi connectivity index (χ2v) is 9.18. The summed E-state index contributed by atoms with van der Waals surface area (Å²) in [4.78, 5) is 11.4. The largest absolute Gasteiger partial charge is 0.750 e. The zero-order valence-electron chi connectivity index (χ0n) is 15.4. The van der Waals surface area contributed by atoms with E-state index in [4.69, 9.17) is 23.3 Å². The molecule has 1 rings (SSSR count). The Balaban J connectivity index is 2.67. The van der Waals surface area contributed by atoms with E-state index in [1.54, 1.807) is 0 Å². The van der Waals surface area contributed by atoms with E-state index in [2.05, 4.69) is 19.1 Å². The molecule has 1 atom stereocenters. The first kappa shape index (κ1) is 26.3. The van der Waals surface area contributed by atoms with Crippen molar-refractivity contribution in [2.45, 2.75) is 19.3 Å². The lowest BCUT2D eigenvalue weighted by molar-refractivity contribution is 0.216. The lowest BCUT2D eigenvalue weighted by Crippen LogP contribution is -2.13. The Labute approximate surface area is 175 Å². The molecule has 18 heteroatoms. The van der Waals surface area contributed by atoms with Gasteiger partial charge in [-0.05, 0) is 12.8 Å². The molecule has 1 aromatic heterocycles. The summed E-state index contributed by atoms with van der Waals surface area (Å²) in [6.07, 6.45) is 0.0542. The number of nitrogens with zero attached hydrogens (tertiary/aromatic N) is 3. The van der Waals surface area contributed by atoms with Crippen molar-refractivity contribution in [1.82, 2.24) is 15.0 Å². The molecule has 0 aromatic carbocycles. The van der Waals surface area contributed by atoms with Crippen LogP contribution in [0.5, 0.6) is 18.0 Å². The molecule has 2 N–H and O–H groups in total. The molecular formula is C12H20N3O12S3-. The molecule has 0 amide bonds. The van der Waals surface area contributed by atoms with Crippen molar-refractivity contribution in [3.8, 4) is 18.0 Å². The van der Waals surface area contributed by atoms with E-state index in [1.165, 1.54) is 0 Å². The zero-order valence-corrected chi connectivity index (χ0v) is 17.9. The molecule has 1 unspecified atom stereocenters. The van der Waals surface area contributed by atoms with Crippen molar-refractivity contribution in [1.29, 1.82) is 0 Å². The van der Waals surface area contributed by atoms with Gasteiger partial charge in [-0.25, -0.2) is 4.21 Å². The van der Waals surface area contributed by atoms with E-state index in [0.29, 0.717) is 0 Å². The molecule has 0 aliphatic heterocycles. The third-order valence-electron chi connectivity index (χ3n) is 2.83. The van der Waals surface area contributed by atoms with Gasteiger partial charge in [-0.2, -0.15) is 16.8 Å². The topological polar surface area (TPSA) is 224 Å². The van der Waals surface area contributed by atoms with Crippen molar-refractivity contribution in [3.63, 3.8) is 0 Å². The van der Waals surface area contributed by atoms with E-state index < -0.39 is 43.1 Å². The molecule has 15 nitrogen and oxygen atoms in total. The Kier molecular flexibility index (Phi) is 11.3. The molecule has 0 aliphatic carbocycles. The molecule has 174 valence electrons. The fourth-order valence-corrected chi connectivity index (χ4v) is 2.89. The van der Waals surface area contributed by atoms with Crippen LogP contribution in [-0.2, 0) is 35.8 Å². The summed E-state index contributed by atoms with van der Waals surface area (Å²) in [5, 5.41) is 0. The first-order chi connectivity index (χ1) is 13.9. The van der Waals surface area contributed by atoms with Crippen molar-refractivity contribution in [3.05, 3.63) is 0 Å². The van der Waals surface area contributed by atoms with Gasteiger partial charge in [0.25, 0.3) is 20.2 Å². The average Bonchev–Trinajstić information content (AvgIpc) is 2.60. The van der Waals surface area contributed by atoms with Crippen molar-refractivity contribution >= 4 is 31.6 Å². The molecule has 0 spiro atoms. The van der Waals surface area contributed by atoms with Crippen molar-refractivity contribution in [2.24, 2.45) is 0 Å². The van der Waals surface area contributed by atoms with Crippen LogP contribution < -0.4 is 14.2 Å². The van der Waals surface area contributed by atoms with Gasteiger partial charge >= 0.3 is 18.0 Å². The smallest absolute Gasteiger partial charge is 0.325 e. The molecular weight excluding hydrogens is 474 g/mol. The van der Waals surface area contributed by atoms with E-state index in [1.807, 2.05) is 0 Å². The van der Waals surface area contributed by atoms with E-state index in [0.717, 1.165) is 0 Å². The summed E-state index contributed by atoms with van der Waals surface area (Å²) in [5.74, 6) is -1.08. The highest BCUT2D eigenvalue weighted by atomic mass is 32.2. The summed E-state index contributed by atoms with van der Waals surface area (Å²) in [6, 6.07) is -0.850. The Morgan fingerprint density at radius 2 is 1.10 bits per heavy atom. The highest BCUT2D eigenvalue weighted by Gasteiger charge is 2.12. The van der Waals surface area contributed by atoms with Gasteiger partial charge in [-0.3, -0.25) is 9.11 Å². The second-order valence-electron chi connectivity index (χ2n) is 5.39. The summed E-state index contributed by atoms with van der Waals surface area (Å²) in [5.41, 5.74) is 0. The van der Waals surface area contributed by atoms with E-state index in [9.17, 15) is 25.6 Å². The number of hydrogen-bond donors (Lipinski definition) is 2. The van der Waals surface area contributed by atoms with Crippen LogP contribution in [0.2, 0.25) is 0 Å². The summed E-state index contributed by atoms with van der Waals surface area (Å²) < 4.78 is 100. The Hall–Kier alpha value is -1.70. The summed E-state index contributed by atoms with van der Waals surface area (Å²) in [6.45, 7) is -0.520. The maximum Gasteiger partial charge on any atom is 0.325 e. The third-order valence-corrected chi connectivity index (χ3v) is 4.80. The quantitative estimate of drug-likeness (QED) is 0.156. The first-order valence-corrected chi connectivity index (χ1v) is 12.4. The SMILES string of the molecule is O=S([O-])OCCCOc1nc(OCCCS(=O)(=O)O)nc(OCCCS(=O)(=O)O)n1. The lowest BCUT2D eigenvalue weighted by atomic mass is 10.5. The third kappa shape index (κ3) is 14.3. The Morgan fingerprint density at radius 1 is 0.733 bits per heavy atom. The predicted octanol–water partition coefficient (Wildman–Crippen LogP) is -1.24. The normalized spacial score (nSPS) is 13.0. The number of aromatic nitrogens is 3. The van der Waals surface area contributed by atoms with Crippen LogP contribution in [0.3, 0.4) is 0 Å². The number of rotatable bonds is 16. The highest BCUT2D eigenvalue weighted by molar-refractivity contribution is 7.86. The molecule has 1 heterocycles. The minimum atomic E-state index is -4.15. The van der Waals surface area contributed by atoms with Crippen LogP contribution in [-0.4, -0.2) is 87.6 Å². The molecule has 0 saturated carbocycles. The number of ether oxygens (including phenoxy) is 3. The fraction of sp³-hybridized carbons (Fsp3) is 0.750. The van der Waals surface area contributed by atoms with Crippen molar-refractivity contribution in [2.75, 3.05) is 37.9 Å². The molecule has 0 aliphatic rings. The fourth-order valence-electron chi connectivity index (χ4n) is 1.67. The standard InChI is InChI=1S/C12H21N3O12S3/c16-28(17)27-7-1-4-24-10-13-11(25-5-2-8-29(18,19)20)15-12(14-10)26-6-3-9-30(21,22)23/h1-9H2,(H,16,17)(H,18,19,20)(H,21,22,23)/p-1. The van der Waals surface area contributed by atoms with Gasteiger partial charge < -0.3 is 22.9 Å². The van der Waals surface area contributed by atoms with Crippen LogP contribution >= 0.6 is 0 Å². The molecule has 0 fully saturated rings.